The Morgan fingerprint density at radius 1 is 1.18 bits per heavy atom. The third kappa shape index (κ3) is 9.68. The summed E-state index contributed by atoms with van der Waals surface area (Å²) in [5.74, 6) is -2.86. The Balaban J connectivity index is 0. The van der Waals surface area contributed by atoms with Crippen LogP contribution >= 0.6 is 0 Å². The van der Waals surface area contributed by atoms with Gasteiger partial charge >= 0.3 is 22.4 Å². The van der Waals surface area contributed by atoms with Gasteiger partial charge in [0.25, 0.3) is 0 Å². The summed E-state index contributed by atoms with van der Waals surface area (Å²) >= 11 is 0. The molecule has 0 aromatic carbocycles. The molecular formula is C6H8AgO4. The molecule has 0 aromatic rings. The monoisotopic (exact) mass is 251 g/mol. The smallest absolute Gasteiger partial charge is 0.550 e. The zero-order valence-corrected chi connectivity index (χ0v) is 7.41. The van der Waals surface area contributed by atoms with Crippen molar-refractivity contribution >= 4 is 11.9 Å². The number of aliphatic carboxylic acids is 2. The average molecular weight is 252 g/mol. The normalized spacial score (nSPS) is 8.91. The van der Waals surface area contributed by atoms with E-state index >= 15 is 0 Å². The Kier molecular flexibility index (Phi) is 7.72. The predicted molar refractivity (Wildman–Crippen MR) is 28.4 cm³/mol. The van der Waals surface area contributed by atoms with Gasteiger partial charge in [-0.15, -0.1) is 0 Å². The molecule has 0 spiro atoms. The topological polar surface area (TPSA) is 80.3 Å². The first-order valence-corrected chi connectivity index (χ1v) is 2.92. The molecule has 0 aromatic heterocycles. The SMILES string of the molecule is CC(CC(=O)[O-])CC(=O)[O-].[Ag+2]. The molecule has 0 N–H and O–H groups in total. The van der Waals surface area contributed by atoms with E-state index in [0.29, 0.717) is 0 Å². The maximum absolute atomic E-state index is 9.87. The van der Waals surface area contributed by atoms with E-state index < -0.39 is 17.9 Å². The molecule has 11 heavy (non-hydrogen) atoms. The summed E-state index contributed by atoms with van der Waals surface area (Å²) in [6, 6.07) is 0. The van der Waals surface area contributed by atoms with Gasteiger partial charge in [0.1, 0.15) is 0 Å². The molecular weight excluding hydrogens is 244 g/mol. The summed E-state index contributed by atoms with van der Waals surface area (Å²) in [4.78, 5) is 19.7. The van der Waals surface area contributed by atoms with Crippen LogP contribution in [0.5, 0.6) is 0 Å². The molecule has 4 nitrogen and oxygen atoms in total. The van der Waals surface area contributed by atoms with Gasteiger partial charge in [0.05, 0.1) is 0 Å². The van der Waals surface area contributed by atoms with Gasteiger partial charge in [0.15, 0.2) is 0 Å². The van der Waals surface area contributed by atoms with Crippen molar-refractivity contribution in [2.24, 2.45) is 5.92 Å². The van der Waals surface area contributed by atoms with E-state index in [2.05, 4.69) is 0 Å². The van der Waals surface area contributed by atoms with Crippen LogP contribution in [0.3, 0.4) is 0 Å². The van der Waals surface area contributed by atoms with Crippen molar-refractivity contribution in [2.45, 2.75) is 19.8 Å². The van der Waals surface area contributed by atoms with Crippen LogP contribution < -0.4 is 10.2 Å². The standard InChI is InChI=1S/C6H10O4.Ag/c1-4(2-5(7)8)3-6(9)10;/h4H,2-3H2,1H3,(H,7,8)(H,9,10);/q;+2/p-2. The van der Waals surface area contributed by atoms with E-state index in [0.717, 1.165) is 0 Å². The van der Waals surface area contributed by atoms with Gasteiger partial charge < -0.3 is 19.8 Å². The maximum Gasteiger partial charge on any atom is 2.00 e. The summed E-state index contributed by atoms with van der Waals surface area (Å²) in [5.41, 5.74) is 0. The van der Waals surface area contributed by atoms with E-state index in [1.165, 1.54) is 6.92 Å². The molecule has 5 heteroatoms. The molecule has 1 radical (unpaired) electrons. The molecule has 0 fully saturated rings. The first-order valence-electron chi connectivity index (χ1n) is 2.92. The largest absolute Gasteiger partial charge is 2.00 e. The van der Waals surface area contributed by atoms with E-state index in [1.54, 1.807) is 0 Å². The van der Waals surface area contributed by atoms with E-state index in [-0.39, 0.29) is 35.2 Å². The molecule has 0 saturated heterocycles. The maximum atomic E-state index is 9.87. The van der Waals surface area contributed by atoms with Gasteiger partial charge in [0.2, 0.25) is 0 Å². The molecule has 0 rings (SSSR count). The van der Waals surface area contributed by atoms with Gasteiger partial charge in [-0.05, 0) is 18.8 Å². The third-order valence-electron chi connectivity index (χ3n) is 1.03. The number of carbonyl (C=O) groups excluding carboxylic acids is 2. The van der Waals surface area contributed by atoms with Gasteiger partial charge in [0, 0.05) is 11.9 Å². The fourth-order valence-corrected chi connectivity index (χ4v) is 0.641. The van der Waals surface area contributed by atoms with Crippen LogP contribution in [0.2, 0.25) is 0 Å². The molecule has 0 aliphatic heterocycles. The van der Waals surface area contributed by atoms with Gasteiger partial charge in [-0.3, -0.25) is 0 Å². The Hall–Kier alpha value is -0.320. The minimum absolute atomic E-state index is 0. The molecule has 0 amide bonds. The van der Waals surface area contributed by atoms with Crippen LogP contribution in [0.4, 0.5) is 0 Å². The average Bonchev–Trinajstić information content (AvgIpc) is 1.58. The Morgan fingerprint density at radius 2 is 1.45 bits per heavy atom. The molecule has 0 bridgehead atoms. The molecule has 0 saturated carbocycles. The zero-order valence-electron chi connectivity index (χ0n) is 5.93. The predicted octanol–water partition coefficient (Wildman–Crippen LogP) is -2.10. The summed E-state index contributed by atoms with van der Waals surface area (Å²) in [6.45, 7) is 1.52. The number of carboxylic acid groups (broad SMARTS) is 2. The summed E-state index contributed by atoms with van der Waals surface area (Å²) in [6.07, 6.45) is -0.456. The van der Waals surface area contributed by atoms with Crippen LogP contribution in [0, 0.1) is 5.92 Å². The molecule has 0 heterocycles. The van der Waals surface area contributed by atoms with Crippen LogP contribution in [0.15, 0.2) is 0 Å². The number of carboxylic acids is 2. The van der Waals surface area contributed by atoms with Crippen molar-refractivity contribution in [3.8, 4) is 0 Å². The minimum atomic E-state index is -1.23. The Morgan fingerprint density at radius 3 is 1.64 bits per heavy atom. The number of carbonyl (C=O) groups is 2. The second-order valence-corrected chi connectivity index (χ2v) is 2.26. The number of hydrogen-bond acceptors (Lipinski definition) is 4. The number of rotatable bonds is 4. The van der Waals surface area contributed by atoms with Crippen LogP contribution in [-0.2, 0) is 32.0 Å². The first-order chi connectivity index (χ1) is 4.52. The van der Waals surface area contributed by atoms with E-state index in [9.17, 15) is 19.8 Å². The van der Waals surface area contributed by atoms with Crippen LogP contribution in [0.1, 0.15) is 19.8 Å². The Labute approximate surface area is 80.1 Å². The van der Waals surface area contributed by atoms with Crippen LogP contribution in [0.25, 0.3) is 0 Å². The third-order valence-corrected chi connectivity index (χ3v) is 1.03. The van der Waals surface area contributed by atoms with E-state index in [4.69, 9.17) is 0 Å². The molecule has 0 unspecified atom stereocenters. The van der Waals surface area contributed by atoms with Crippen molar-refractivity contribution in [1.82, 2.24) is 0 Å². The van der Waals surface area contributed by atoms with Gasteiger partial charge in [-0.2, -0.15) is 0 Å². The minimum Gasteiger partial charge on any atom is -0.550 e. The zero-order chi connectivity index (χ0) is 8.15. The van der Waals surface area contributed by atoms with E-state index in [1.807, 2.05) is 0 Å². The number of hydrogen-bond donors (Lipinski definition) is 0. The first kappa shape index (κ1) is 13.3. The molecule has 67 valence electrons. The summed E-state index contributed by atoms with van der Waals surface area (Å²) < 4.78 is 0. The van der Waals surface area contributed by atoms with Crippen molar-refractivity contribution in [1.29, 1.82) is 0 Å². The fourth-order valence-electron chi connectivity index (χ4n) is 0.641. The van der Waals surface area contributed by atoms with Crippen molar-refractivity contribution < 1.29 is 42.2 Å². The van der Waals surface area contributed by atoms with Crippen LogP contribution in [-0.4, -0.2) is 11.9 Å². The Bertz CT molecular complexity index is 130. The quantitative estimate of drug-likeness (QED) is 0.537. The molecule has 0 atom stereocenters. The molecule has 0 aliphatic rings. The molecule has 0 aliphatic carbocycles. The summed E-state index contributed by atoms with van der Waals surface area (Å²) in [5, 5.41) is 19.7. The fraction of sp³-hybridized carbons (Fsp3) is 0.667. The van der Waals surface area contributed by atoms with Crippen molar-refractivity contribution in [3.63, 3.8) is 0 Å². The second kappa shape index (κ2) is 6.39. The van der Waals surface area contributed by atoms with Gasteiger partial charge in [-0.25, -0.2) is 0 Å². The van der Waals surface area contributed by atoms with Gasteiger partial charge in [-0.1, -0.05) is 6.92 Å². The summed E-state index contributed by atoms with van der Waals surface area (Å²) in [7, 11) is 0. The van der Waals surface area contributed by atoms with Crippen molar-refractivity contribution in [3.05, 3.63) is 0 Å². The van der Waals surface area contributed by atoms with Crippen molar-refractivity contribution in [2.75, 3.05) is 0 Å². The second-order valence-electron chi connectivity index (χ2n) is 2.26.